The molecule has 2 aromatic carbocycles. The number of aryl methyl sites for hydroxylation is 2. The smallest absolute Gasteiger partial charge is 0.339 e. The van der Waals surface area contributed by atoms with Gasteiger partial charge in [-0.3, -0.25) is 4.68 Å². The molecule has 0 saturated carbocycles. The molecule has 0 N–H and O–H groups in total. The Morgan fingerprint density at radius 1 is 1.06 bits per heavy atom. The fourth-order valence-electron chi connectivity index (χ4n) is 3.59. The van der Waals surface area contributed by atoms with Crippen LogP contribution in [0.5, 0.6) is 0 Å². The number of benzene rings is 2. The summed E-state index contributed by atoms with van der Waals surface area (Å²) in [5.41, 5.74) is 3.93. The van der Waals surface area contributed by atoms with Gasteiger partial charge >= 0.3 is 5.97 Å². The molecule has 5 rings (SSSR count). The van der Waals surface area contributed by atoms with Crippen molar-refractivity contribution in [2.45, 2.75) is 13.5 Å². The molecule has 0 bridgehead atoms. The second-order valence-corrected chi connectivity index (χ2v) is 7.85. The van der Waals surface area contributed by atoms with Crippen LogP contribution < -0.4 is 0 Å². The molecule has 3 heterocycles. The highest BCUT2D eigenvalue weighted by molar-refractivity contribution is 6.30. The van der Waals surface area contributed by atoms with Crippen molar-refractivity contribution in [3.8, 4) is 22.7 Å². The van der Waals surface area contributed by atoms with Crippen LogP contribution in [0.15, 0.2) is 65.1 Å². The summed E-state index contributed by atoms with van der Waals surface area (Å²) in [6.45, 7) is 1.67. The lowest BCUT2D eigenvalue weighted by atomic mass is 10.1. The van der Waals surface area contributed by atoms with Crippen molar-refractivity contribution in [2.75, 3.05) is 0 Å². The largest absolute Gasteiger partial charge is 0.452 e. The molecule has 0 aliphatic rings. The molecule has 33 heavy (non-hydrogen) atoms. The molecule has 0 atom stereocenters. The topological polar surface area (TPSA) is 95.9 Å². The van der Waals surface area contributed by atoms with Crippen LogP contribution in [-0.2, 0) is 18.4 Å². The summed E-state index contributed by atoms with van der Waals surface area (Å²) in [4.78, 5) is 17.8. The van der Waals surface area contributed by atoms with Crippen LogP contribution in [0.4, 0.5) is 0 Å². The molecule has 0 spiro atoms. The Morgan fingerprint density at radius 2 is 1.82 bits per heavy atom. The molecule has 0 aliphatic heterocycles. The maximum absolute atomic E-state index is 13.1. The summed E-state index contributed by atoms with van der Waals surface area (Å²) in [7, 11) is 1.79. The molecule has 0 radical (unpaired) electrons. The minimum absolute atomic E-state index is 0.163. The zero-order valence-electron chi connectivity index (χ0n) is 17.8. The first kappa shape index (κ1) is 20.8. The fourth-order valence-corrected chi connectivity index (χ4v) is 3.71. The Hall–Kier alpha value is -4.04. The number of hydrogen-bond acceptors (Lipinski definition) is 7. The number of rotatable bonds is 5. The van der Waals surface area contributed by atoms with Gasteiger partial charge in [0.15, 0.2) is 12.3 Å². The Morgan fingerprint density at radius 3 is 2.58 bits per heavy atom. The van der Waals surface area contributed by atoms with E-state index >= 15 is 0 Å². The normalized spacial score (nSPS) is 11.1. The van der Waals surface area contributed by atoms with Gasteiger partial charge in [0.1, 0.15) is 0 Å². The number of hydrogen-bond donors (Lipinski definition) is 0. The highest BCUT2D eigenvalue weighted by Crippen LogP contribution is 2.28. The number of carbonyl (C=O) groups is 1. The van der Waals surface area contributed by atoms with Crippen molar-refractivity contribution in [3.63, 3.8) is 0 Å². The van der Waals surface area contributed by atoms with E-state index in [0.29, 0.717) is 38.9 Å². The van der Waals surface area contributed by atoms with Gasteiger partial charge in [-0.1, -0.05) is 41.9 Å². The molecule has 0 amide bonds. The third kappa shape index (κ3) is 4.08. The standard InChI is InChI=1S/C24H18ClN5O3/c1-14-21-18(12-19(15-6-4-3-5-7-15)26-22(21)30(2)29-14)24(31)32-13-20-27-28-23(33-20)16-8-10-17(25)11-9-16/h3-12H,13H2,1-2H3. The Kier molecular flexibility index (Phi) is 5.35. The number of carbonyl (C=O) groups excluding carboxylic acids is 1. The SMILES string of the molecule is Cc1nn(C)c2nc(-c3ccccc3)cc(C(=O)OCc3nnc(-c4ccc(Cl)cc4)o3)c12. The number of halogens is 1. The predicted molar refractivity (Wildman–Crippen MR) is 123 cm³/mol. The van der Waals surface area contributed by atoms with Gasteiger partial charge < -0.3 is 9.15 Å². The Balaban J connectivity index is 1.43. The Labute approximate surface area is 193 Å². The minimum Gasteiger partial charge on any atom is -0.452 e. The molecule has 0 fully saturated rings. The van der Waals surface area contributed by atoms with Crippen LogP contribution in [0.3, 0.4) is 0 Å². The summed E-state index contributed by atoms with van der Waals surface area (Å²) >= 11 is 5.92. The average Bonchev–Trinajstić information content (AvgIpc) is 3.42. The quantitative estimate of drug-likeness (QED) is 0.341. The van der Waals surface area contributed by atoms with Crippen molar-refractivity contribution in [2.24, 2.45) is 7.05 Å². The minimum atomic E-state index is -0.526. The molecule has 0 unspecified atom stereocenters. The molecule has 0 aliphatic carbocycles. The fraction of sp³-hybridized carbons (Fsp3) is 0.125. The number of esters is 1. The number of ether oxygens (including phenoxy) is 1. The van der Waals surface area contributed by atoms with E-state index in [4.69, 9.17) is 25.7 Å². The zero-order valence-corrected chi connectivity index (χ0v) is 18.6. The lowest BCUT2D eigenvalue weighted by Crippen LogP contribution is -2.08. The van der Waals surface area contributed by atoms with E-state index in [2.05, 4.69) is 15.3 Å². The van der Waals surface area contributed by atoms with Gasteiger partial charge in [0.2, 0.25) is 5.89 Å². The predicted octanol–water partition coefficient (Wildman–Crippen LogP) is 5.00. The van der Waals surface area contributed by atoms with Gasteiger partial charge in [0.25, 0.3) is 5.89 Å². The molecule has 8 nitrogen and oxygen atoms in total. The molecule has 9 heteroatoms. The van der Waals surface area contributed by atoms with Crippen molar-refractivity contribution < 1.29 is 13.9 Å². The summed E-state index contributed by atoms with van der Waals surface area (Å²) in [5, 5.41) is 13.7. The monoisotopic (exact) mass is 459 g/mol. The molecule has 164 valence electrons. The van der Waals surface area contributed by atoms with Crippen LogP contribution >= 0.6 is 11.6 Å². The van der Waals surface area contributed by atoms with E-state index in [1.807, 2.05) is 37.3 Å². The van der Waals surface area contributed by atoms with Gasteiger partial charge in [0.05, 0.1) is 22.3 Å². The van der Waals surface area contributed by atoms with Crippen molar-refractivity contribution in [1.29, 1.82) is 0 Å². The maximum Gasteiger partial charge on any atom is 0.339 e. The van der Waals surface area contributed by atoms with E-state index in [9.17, 15) is 4.79 Å². The first-order chi connectivity index (χ1) is 16.0. The van der Waals surface area contributed by atoms with Crippen molar-refractivity contribution in [3.05, 3.63) is 82.8 Å². The third-order valence-corrected chi connectivity index (χ3v) is 5.39. The number of nitrogens with zero attached hydrogens (tertiary/aromatic N) is 5. The van der Waals surface area contributed by atoms with E-state index in [1.165, 1.54) is 0 Å². The zero-order chi connectivity index (χ0) is 22.9. The average molecular weight is 460 g/mol. The number of pyridine rings is 1. The van der Waals surface area contributed by atoms with Crippen LogP contribution in [0.1, 0.15) is 21.9 Å². The Bertz CT molecular complexity index is 1460. The second kappa shape index (κ2) is 8.48. The highest BCUT2D eigenvalue weighted by Gasteiger charge is 2.21. The van der Waals surface area contributed by atoms with E-state index in [0.717, 1.165) is 11.1 Å². The van der Waals surface area contributed by atoms with Gasteiger partial charge in [-0.2, -0.15) is 5.10 Å². The maximum atomic E-state index is 13.1. The molecule has 5 aromatic rings. The molecular weight excluding hydrogens is 442 g/mol. The van der Waals surface area contributed by atoms with E-state index < -0.39 is 5.97 Å². The van der Waals surface area contributed by atoms with Gasteiger partial charge in [-0.15, -0.1) is 10.2 Å². The van der Waals surface area contributed by atoms with Crippen molar-refractivity contribution in [1.82, 2.24) is 25.0 Å². The summed E-state index contributed by atoms with van der Waals surface area (Å²) < 4.78 is 12.8. The first-order valence-electron chi connectivity index (χ1n) is 10.1. The summed E-state index contributed by atoms with van der Waals surface area (Å²) in [6, 6.07) is 18.4. The molecule has 3 aromatic heterocycles. The lowest BCUT2D eigenvalue weighted by Gasteiger charge is -2.08. The number of aromatic nitrogens is 5. The van der Waals surface area contributed by atoms with Gasteiger partial charge in [-0.05, 0) is 37.3 Å². The molecular formula is C24H18ClN5O3. The first-order valence-corrected chi connectivity index (χ1v) is 10.5. The second-order valence-electron chi connectivity index (χ2n) is 7.41. The van der Waals surface area contributed by atoms with Gasteiger partial charge in [0, 0.05) is 23.2 Å². The lowest BCUT2D eigenvalue weighted by molar-refractivity contribution is 0.0441. The summed E-state index contributed by atoms with van der Waals surface area (Å²) in [5.74, 6) is -0.0230. The van der Waals surface area contributed by atoms with Crippen LogP contribution in [0.25, 0.3) is 33.7 Å². The van der Waals surface area contributed by atoms with Crippen LogP contribution in [-0.4, -0.2) is 30.9 Å². The number of fused-ring (bicyclic) bond motifs is 1. The van der Waals surface area contributed by atoms with Crippen LogP contribution in [0.2, 0.25) is 5.02 Å². The van der Waals surface area contributed by atoms with Crippen molar-refractivity contribution >= 4 is 28.6 Å². The highest BCUT2D eigenvalue weighted by atomic mass is 35.5. The van der Waals surface area contributed by atoms with Crippen LogP contribution in [0, 0.1) is 6.92 Å². The summed E-state index contributed by atoms with van der Waals surface area (Å²) in [6.07, 6.45) is 0. The van der Waals surface area contributed by atoms with E-state index in [-0.39, 0.29) is 12.5 Å². The third-order valence-electron chi connectivity index (χ3n) is 5.14. The molecule has 0 saturated heterocycles. The van der Waals surface area contributed by atoms with E-state index in [1.54, 1.807) is 42.1 Å². The van der Waals surface area contributed by atoms with Gasteiger partial charge in [-0.25, -0.2) is 9.78 Å².